The molecule has 0 unspecified atom stereocenters. The number of aromatic nitrogens is 1. The molecule has 0 atom stereocenters. The highest BCUT2D eigenvalue weighted by Gasteiger charge is 2.28. The highest BCUT2D eigenvalue weighted by Crippen LogP contribution is 2.18. The number of anilines is 1. The third kappa shape index (κ3) is 5.17. The summed E-state index contributed by atoms with van der Waals surface area (Å²) < 4.78 is 45.5. The summed E-state index contributed by atoms with van der Waals surface area (Å²) in [4.78, 5) is 15.7. The molecule has 0 saturated heterocycles. The lowest BCUT2D eigenvalue weighted by Gasteiger charge is -2.09. The zero-order valence-corrected chi connectivity index (χ0v) is 12.1. The molecule has 0 bridgehead atoms. The minimum Gasteiger partial charge on any atom is -0.497 e. The fourth-order valence-electron chi connectivity index (χ4n) is 1.64. The lowest BCUT2D eigenvalue weighted by molar-refractivity contribution is -0.154. The number of benzene rings is 1. The van der Waals surface area contributed by atoms with Crippen LogP contribution in [0.4, 0.5) is 18.9 Å². The Morgan fingerprint density at radius 3 is 2.39 bits per heavy atom. The van der Waals surface area contributed by atoms with Gasteiger partial charge in [-0.05, 0) is 30.3 Å². The fraction of sp³-hybridized carbons (Fsp3) is 0.200. The Kier molecular flexibility index (Phi) is 5.05. The molecular formula is C15H13F3N2O3. The molecule has 0 fully saturated rings. The average Bonchev–Trinajstić information content (AvgIpc) is 2.53. The molecule has 122 valence electrons. The first-order valence-corrected chi connectivity index (χ1v) is 6.48. The molecule has 23 heavy (non-hydrogen) atoms. The number of amides is 1. The van der Waals surface area contributed by atoms with Crippen molar-refractivity contribution in [1.82, 2.24) is 4.98 Å². The van der Waals surface area contributed by atoms with Crippen molar-refractivity contribution in [2.45, 2.75) is 6.18 Å². The normalized spacial score (nSPS) is 11.0. The van der Waals surface area contributed by atoms with Crippen molar-refractivity contribution in [3.63, 3.8) is 0 Å². The maximum atomic E-state index is 12.0. The molecule has 0 saturated carbocycles. The van der Waals surface area contributed by atoms with Crippen molar-refractivity contribution in [2.75, 3.05) is 19.0 Å². The van der Waals surface area contributed by atoms with E-state index in [1.165, 1.54) is 25.4 Å². The van der Waals surface area contributed by atoms with Crippen molar-refractivity contribution >= 4 is 11.6 Å². The molecule has 2 aromatic rings. The molecule has 2 rings (SSSR count). The van der Waals surface area contributed by atoms with E-state index < -0.39 is 12.8 Å². The third-order valence-corrected chi connectivity index (χ3v) is 2.73. The molecule has 1 aromatic heterocycles. The van der Waals surface area contributed by atoms with Crippen LogP contribution >= 0.6 is 0 Å². The lowest BCUT2D eigenvalue weighted by atomic mass is 10.2. The predicted octanol–water partition coefficient (Wildman–Crippen LogP) is 3.28. The van der Waals surface area contributed by atoms with Gasteiger partial charge in [-0.1, -0.05) is 0 Å². The minimum absolute atomic E-state index is 0.176. The summed E-state index contributed by atoms with van der Waals surface area (Å²) in [5.41, 5.74) is 0.744. The van der Waals surface area contributed by atoms with E-state index in [9.17, 15) is 18.0 Å². The zero-order valence-electron chi connectivity index (χ0n) is 12.1. The average molecular weight is 326 g/mol. The van der Waals surface area contributed by atoms with Crippen LogP contribution in [0.15, 0.2) is 42.6 Å². The first-order chi connectivity index (χ1) is 10.9. The molecule has 1 aromatic carbocycles. The monoisotopic (exact) mass is 326 g/mol. The topological polar surface area (TPSA) is 60.5 Å². The SMILES string of the molecule is COc1ccc(C(=O)Nc2ccc(OCC(F)(F)F)nc2)cc1. The molecule has 8 heteroatoms. The number of rotatable bonds is 5. The van der Waals surface area contributed by atoms with Gasteiger partial charge < -0.3 is 14.8 Å². The summed E-state index contributed by atoms with van der Waals surface area (Å²) >= 11 is 0. The molecule has 1 N–H and O–H groups in total. The molecule has 1 amide bonds. The van der Waals surface area contributed by atoms with Crippen molar-refractivity contribution in [3.05, 3.63) is 48.2 Å². The maximum Gasteiger partial charge on any atom is 0.422 e. The summed E-state index contributed by atoms with van der Waals surface area (Å²) in [7, 11) is 1.52. The summed E-state index contributed by atoms with van der Waals surface area (Å²) in [6.07, 6.45) is -3.21. The maximum absolute atomic E-state index is 12.0. The van der Waals surface area contributed by atoms with Crippen LogP contribution in [-0.2, 0) is 0 Å². The van der Waals surface area contributed by atoms with Gasteiger partial charge >= 0.3 is 6.18 Å². The molecule has 0 radical (unpaired) electrons. The Balaban J connectivity index is 1.95. The summed E-state index contributed by atoms with van der Waals surface area (Å²) in [6, 6.07) is 9.10. The summed E-state index contributed by atoms with van der Waals surface area (Å²) in [5.74, 6) is 0.0672. The zero-order chi connectivity index (χ0) is 16.9. The van der Waals surface area contributed by atoms with Crippen molar-refractivity contribution < 1.29 is 27.4 Å². The Hall–Kier alpha value is -2.77. The molecule has 0 aliphatic heterocycles. The number of carbonyl (C=O) groups excluding carboxylic acids is 1. The predicted molar refractivity (Wildman–Crippen MR) is 76.7 cm³/mol. The van der Waals surface area contributed by atoms with Crippen LogP contribution in [0.5, 0.6) is 11.6 Å². The lowest BCUT2D eigenvalue weighted by Crippen LogP contribution is -2.19. The van der Waals surface area contributed by atoms with Gasteiger partial charge in [-0.3, -0.25) is 4.79 Å². The molecule has 1 heterocycles. The summed E-state index contributed by atoms with van der Waals surface area (Å²) in [6.45, 7) is -1.42. The van der Waals surface area contributed by atoms with Crippen LogP contribution in [-0.4, -0.2) is 30.8 Å². The minimum atomic E-state index is -4.43. The number of halogens is 3. The van der Waals surface area contributed by atoms with E-state index in [1.807, 2.05) is 0 Å². The van der Waals surface area contributed by atoms with Crippen LogP contribution in [0.2, 0.25) is 0 Å². The van der Waals surface area contributed by atoms with E-state index in [4.69, 9.17) is 4.74 Å². The Labute approximate surface area is 130 Å². The number of pyridine rings is 1. The highest BCUT2D eigenvalue weighted by atomic mass is 19.4. The van der Waals surface area contributed by atoms with Gasteiger partial charge in [0.1, 0.15) is 5.75 Å². The number of nitrogens with one attached hydrogen (secondary N) is 1. The molecular weight excluding hydrogens is 313 g/mol. The van der Waals surface area contributed by atoms with Gasteiger partial charge in [0, 0.05) is 11.6 Å². The quantitative estimate of drug-likeness (QED) is 0.916. The van der Waals surface area contributed by atoms with Gasteiger partial charge in [-0.15, -0.1) is 0 Å². The number of hydrogen-bond acceptors (Lipinski definition) is 4. The second kappa shape index (κ2) is 6.99. The van der Waals surface area contributed by atoms with E-state index in [1.54, 1.807) is 24.3 Å². The number of alkyl halides is 3. The van der Waals surface area contributed by atoms with Gasteiger partial charge in [0.05, 0.1) is 19.0 Å². The van der Waals surface area contributed by atoms with Gasteiger partial charge in [0.25, 0.3) is 5.91 Å². The number of methoxy groups -OCH3 is 1. The number of nitrogens with zero attached hydrogens (tertiary/aromatic N) is 1. The van der Waals surface area contributed by atoms with Gasteiger partial charge in [-0.25, -0.2) is 4.98 Å². The smallest absolute Gasteiger partial charge is 0.422 e. The first kappa shape index (κ1) is 16.6. The van der Waals surface area contributed by atoms with Crippen LogP contribution < -0.4 is 14.8 Å². The van der Waals surface area contributed by atoms with E-state index >= 15 is 0 Å². The standard InChI is InChI=1S/C15H13F3N2O3/c1-22-12-5-2-10(3-6-12)14(21)20-11-4-7-13(19-8-11)23-9-15(16,17)18/h2-8H,9H2,1H3,(H,20,21). The number of hydrogen-bond donors (Lipinski definition) is 1. The van der Waals surface area contributed by atoms with Crippen LogP contribution in [0, 0.1) is 0 Å². The molecule has 5 nitrogen and oxygen atoms in total. The van der Waals surface area contributed by atoms with Crippen molar-refractivity contribution in [3.8, 4) is 11.6 Å². The summed E-state index contributed by atoms with van der Waals surface area (Å²) in [5, 5.41) is 2.58. The van der Waals surface area contributed by atoms with Crippen LogP contribution in [0.25, 0.3) is 0 Å². The highest BCUT2D eigenvalue weighted by molar-refractivity contribution is 6.04. The first-order valence-electron chi connectivity index (χ1n) is 6.48. The fourth-order valence-corrected chi connectivity index (χ4v) is 1.64. The van der Waals surface area contributed by atoms with Gasteiger partial charge in [0.15, 0.2) is 6.61 Å². The molecule has 0 aliphatic carbocycles. The van der Waals surface area contributed by atoms with Crippen LogP contribution in [0.1, 0.15) is 10.4 Å². The molecule has 0 spiro atoms. The van der Waals surface area contributed by atoms with Gasteiger partial charge in [-0.2, -0.15) is 13.2 Å². The van der Waals surface area contributed by atoms with E-state index in [-0.39, 0.29) is 11.8 Å². The number of carbonyl (C=O) groups is 1. The molecule has 0 aliphatic rings. The Bertz CT molecular complexity index is 655. The Morgan fingerprint density at radius 1 is 1.17 bits per heavy atom. The van der Waals surface area contributed by atoms with Gasteiger partial charge in [0.2, 0.25) is 5.88 Å². The van der Waals surface area contributed by atoms with E-state index in [0.29, 0.717) is 17.0 Å². The number of ether oxygens (including phenoxy) is 2. The van der Waals surface area contributed by atoms with Crippen LogP contribution in [0.3, 0.4) is 0 Å². The second-order valence-electron chi connectivity index (χ2n) is 4.47. The second-order valence-corrected chi connectivity index (χ2v) is 4.47. The van der Waals surface area contributed by atoms with E-state index in [0.717, 1.165) is 0 Å². The van der Waals surface area contributed by atoms with Crippen molar-refractivity contribution in [1.29, 1.82) is 0 Å². The third-order valence-electron chi connectivity index (χ3n) is 2.73. The Morgan fingerprint density at radius 2 is 1.87 bits per heavy atom. The van der Waals surface area contributed by atoms with E-state index in [2.05, 4.69) is 15.0 Å². The largest absolute Gasteiger partial charge is 0.497 e. The van der Waals surface area contributed by atoms with Crippen molar-refractivity contribution in [2.24, 2.45) is 0 Å².